The third kappa shape index (κ3) is 3.36. The van der Waals surface area contributed by atoms with Crippen LogP contribution in [0.3, 0.4) is 0 Å². The summed E-state index contributed by atoms with van der Waals surface area (Å²) >= 11 is 13.3. The maximum atomic E-state index is 6.79. The molecule has 8 aromatic rings. The van der Waals surface area contributed by atoms with E-state index in [-0.39, 0.29) is 0 Å². The van der Waals surface area contributed by atoms with Gasteiger partial charge in [0.15, 0.2) is 0 Å². The van der Waals surface area contributed by atoms with Crippen molar-refractivity contribution in [2.75, 3.05) is 0 Å². The fourth-order valence-electron chi connectivity index (χ4n) is 5.80. The number of aromatic nitrogens is 4. The van der Waals surface area contributed by atoms with E-state index in [4.69, 9.17) is 43.2 Å². The van der Waals surface area contributed by atoms with Crippen LogP contribution in [0.5, 0.6) is 0 Å². The first-order valence-corrected chi connectivity index (χ1v) is 14.1. The second kappa shape index (κ2) is 8.66. The molecule has 8 nitrogen and oxygen atoms in total. The van der Waals surface area contributed by atoms with E-state index >= 15 is 0 Å². The van der Waals surface area contributed by atoms with Crippen molar-refractivity contribution in [1.82, 2.24) is 19.9 Å². The molecule has 0 aliphatic carbocycles. The quantitative estimate of drug-likeness (QED) is 0.146. The summed E-state index contributed by atoms with van der Waals surface area (Å²) in [6, 6.07) is 27.8. The molecule has 5 heterocycles. The molecule has 9 rings (SSSR count). The average Bonchev–Trinajstić information content (AvgIpc) is 3.74. The smallest absolute Gasteiger partial charge is 0.143 e. The van der Waals surface area contributed by atoms with Crippen molar-refractivity contribution in [2.24, 2.45) is 20.0 Å². The van der Waals surface area contributed by atoms with E-state index in [2.05, 4.69) is 19.9 Å². The summed E-state index contributed by atoms with van der Waals surface area (Å²) in [4.78, 5) is 34.0. The van der Waals surface area contributed by atoms with Crippen molar-refractivity contribution >= 4 is 89.6 Å². The molecule has 0 spiro atoms. The summed E-state index contributed by atoms with van der Waals surface area (Å²) in [6.07, 6.45) is 0. The molecule has 4 aromatic heterocycles. The predicted molar refractivity (Wildman–Crippen MR) is 166 cm³/mol. The molecule has 0 saturated heterocycles. The summed E-state index contributed by atoms with van der Waals surface area (Å²) in [7, 11) is 0. The lowest BCUT2D eigenvalue weighted by atomic mass is 10.2. The Labute approximate surface area is 245 Å². The summed E-state index contributed by atoms with van der Waals surface area (Å²) in [5, 5.41) is 7.97. The first kappa shape index (κ1) is 23.5. The van der Waals surface area contributed by atoms with Crippen LogP contribution in [0.25, 0.3) is 43.1 Å². The topological polar surface area (TPSA) is 113 Å². The van der Waals surface area contributed by atoms with Gasteiger partial charge in [-0.05, 0) is 12.1 Å². The second-order valence-corrected chi connectivity index (χ2v) is 10.9. The van der Waals surface area contributed by atoms with Crippen molar-refractivity contribution in [1.29, 1.82) is 0 Å². The summed E-state index contributed by atoms with van der Waals surface area (Å²) in [5.74, 6) is 2.53. The Morgan fingerprint density at radius 2 is 0.762 bits per heavy atom. The van der Waals surface area contributed by atoms with Crippen molar-refractivity contribution < 1.29 is 0 Å². The molecule has 10 heteroatoms. The molecule has 200 valence electrons. The van der Waals surface area contributed by atoms with Gasteiger partial charge >= 0.3 is 0 Å². The van der Waals surface area contributed by atoms with Crippen LogP contribution in [0.4, 0.5) is 23.3 Å². The van der Waals surface area contributed by atoms with Gasteiger partial charge in [-0.3, -0.25) is 0 Å². The van der Waals surface area contributed by atoms with Gasteiger partial charge in [0.2, 0.25) is 0 Å². The van der Waals surface area contributed by atoms with E-state index in [9.17, 15) is 0 Å². The average molecular weight is 585 g/mol. The van der Waals surface area contributed by atoms with E-state index in [0.29, 0.717) is 60.7 Å². The fraction of sp³-hybridized carbons (Fsp3) is 0. The standard InChI is InChI=1S/C32H18Cl2N8/c33-22-14-13-21-23(24(22)34)32-41-30-20-12-6-5-11-19(20)28(39-30)37-26-16-8-2-1-7-15(16)25(35-26)36-27-17-9-3-4-10-18(17)29(38-27)40-31(21)42-32/h1-14H,(H4,35,36,37,38,39,40,41,42). The normalized spacial score (nSPS) is 12.8. The third-order valence-corrected chi connectivity index (χ3v) is 8.54. The molecule has 0 atom stereocenters. The second-order valence-electron chi connectivity index (χ2n) is 10.2. The zero-order valence-electron chi connectivity index (χ0n) is 21.6. The number of hydrogen-bond acceptors (Lipinski definition) is 4. The van der Waals surface area contributed by atoms with Crippen molar-refractivity contribution in [3.8, 4) is 0 Å². The van der Waals surface area contributed by atoms with Crippen LogP contribution < -0.4 is 22.0 Å². The number of aromatic amines is 4. The molecule has 0 amide bonds. The number of fused-ring (bicyclic) bond motifs is 20. The van der Waals surface area contributed by atoms with Gasteiger partial charge in [0.1, 0.15) is 45.2 Å². The van der Waals surface area contributed by atoms with E-state index < -0.39 is 0 Å². The highest BCUT2D eigenvalue weighted by atomic mass is 35.5. The molecular formula is C32H18Cl2N8. The number of H-pyrrole nitrogens is 4. The molecule has 8 bridgehead atoms. The van der Waals surface area contributed by atoms with E-state index in [0.717, 1.165) is 37.7 Å². The number of hydrogen-bond donors (Lipinski definition) is 4. The van der Waals surface area contributed by atoms with Crippen LogP contribution in [0, 0.1) is 0 Å². The lowest BCUT2D eigenvalue weighted by Crippen LogP contribution is -2.10. The molecular weight excluding hydrogens is 567 g/mol. The van der Waals surface area contributed by atoms with Crippen LogP contribution in [-0.4, -0.2) is 19.9 Å². The molecule has 1 aliphatic heterocycles. The zero-order chi connectivity index (χ0) is 27.9. The zero-order valence-corrected chi connectivity index (χ0v) is 23.1. The van der Waals surface area contributed by atoms with Crippen LogP contribution in [0.2, 0.25) is 10.0 Å². The number of rotatable bonds is 0. The Morgan fingerprint density at radius 3 is 1.24 bits per heavy atom. The minimum Gasteiger partial charge on any atom is -0.324 e. The highest BCUT2D eigenvalue weighted by Crippen LogP contribution is 2.41. The molecule has 0 fully saturated rings. The Bertz CT molecular complexity index is 2670. The predicted octanol–water partition coefficient (Wildman–Crippen LogP) is 7.04. The van der Waals surface area contributed by atoms with Gasteiger partial charge in [-0.1, -0.05) is 96.0 Å². The van der Waals surface area contributed by atoms with Crippen molar-refractivity contribution in [3.63, 3.8) is 0 Å². The monoisotopic (exact) mass is 584 g/mol. The van der Waals surface area contributed by atoms with E-state index in [1.165, 1.54) is 0 Å². The number of nitrogens with one attached hydrogen (secondary N) is 4. The molecule has 0 saturated carbocycles. The summed E-state index contributed by atoms with van der Waals surface area (Å²) in [5.41, 5.74) is 2.65. The Morgan fingerprint density at radius 1 is 0.381 bits per heavy atom. The number of nitrogens with zero attached hydrogens (tertiary/aromatic N) is 4. The van der Waals surface area contributed by atoms with Gasteiger partial charge in [0.25, 0.3) is 0 Å². The van der Waals surface area contributed by atoms with E-state index in [1.807, 2.05) is 78.9 Å². The highest BCUT2D eigenvalue weighted by Gasteiger charge is 2.17. The SMILES string of the molecule is Clc1ccc2c3[nH]c(c2c1Cl)N=c1[nH]c(c2ccccc12)=Nc1[nH]c(c2ccccc12)N=c1[nH]c(c2ccccc12)=N3. The summed E-state index contributed by atoms with van der Waals surface area (Å²) in [6.45, 7) is 0. The summed E-state index contributed by atoms with van der Waals surface area (Å²) < 4.78 is 0. The Kier molecular flexibility index (Phi) is 4.85. The lowest BCUT2D eigenvalue weighted by Gasteiger charge is -1.98. The first-order valence-electron chi connectivity index (χ1n) is 13.3. The van der Waals surface area contributed by atoms with Gasteiger partial charge in [0, 0.05) is 43.1 Å². The first-order chi connectivity index (χ1) is 20.6. The van der Waals surface area contributed by atoms with Gasteiger partial charge in [-0.2, -0.15) is 0 Å². The maximum absolute atomic E-state index is 6.79. The Balaban J connectivity index is 1.52. The van der Waals surface area contributed by atoms with Crippen molar-refractivity contribution in [2.45, 2.75) is 0 Å². The number of benzene rings is 4. The van der Waals surface area contributed by atoms with Crippen molar-refractivity contribution in [3.05, 3.63) is 117 Å². The molecule has 4 N–H and O–H groups in total. The largest absolute Gasteiger partial charge is 0.324 e. The maximum Gasteiger partial charge on any atom is 0.143 e. The van der Waals surface area contributed by atoms with Gasteiger partial charge in [-0.25, -0.2) is 20.0 Å². The Hall–Kier alpha value is -5.18. The fourth-order valence-corrected chi connectivity index (χ4v) is 6.21. The highest BCUT2D eigenvalue weighted by molar-refractivity contribution is 6.46. The minimum absolute atomic E-state index is 0.404. The van der Waals surface area contributed by atoms with Gasteiger partial charge in [-0.15, -0.1) is 0 Å². The van der Waals surface area contributed by atoms with Gasteiger partial charge in [0.05, 0.1) is 10.0 Å². The third-order valence-electron chi connectivity index (χ3n) is 7.74. The van der Waals surface area contributed by atoms with Crippen LogP contribution in [0.15, 0.2) is 105 Å². The van der Waals surface area contributed by atoms with E-state index in [1.54, 1.807) is 6.07 Å². The molecule has 1 aliphatic rings. The molecule has 42 heavy (non-hydrogen) atoms. The molecule has 4 aromatic carbocycles. The van der Waals surface area contributed by atoms with Crippen LogP contribution in [-0.2, 0) is 0 Å². The van der Waals surface area contributed by atoms with Gasteiger partial charge < -0.3 is 19.9 Å². The lowest BCUT2D eigenvalue weighted by molar-refractivity contribution is 1.08. The molecule has 0 unspecified atom stereocenters. The molecule has 0 radical (unpaired) electrons. The number of halogens is 2. The minimum atomic E-state index is 0.404. The van der Waals surface area contributed by atoms with Crippen LogP contribution >= 0.6 is 23.2 Å². The van der Waals surface area contributed by atoms with Crippen LogP contribution in [0.1, 0.15) is 0 Å².